The molecule has 3 rings (SSSR count). The third-order valence-electron chi connectivity index (χ3n) is 7.84. The normalized spacial score (nSPS) is 19.7. The van der Waals surface area contributed by atoms with E-state index in [1.165, 1.54) is 6.92 Å². The van der Waals surface area contributed by atoms with Gasteiger partial charge in [-0.05, 0) is 36.9 Å². The second-order valence-corrected chi connectivity index (χ2v) is 12.7. The van der Waals surface area contributed by atoms with Gasteiger partial charge in [-0.2, -0.15) is 0 Å². The Morgan fingerprint density at radius 3 is 2.37 bits per heavy atom. The molecule has 208 valence electrons. The average molecular weight is 525 g/mol. The summed E-state index contributed by atoms with van der Waals surface area (Å²) >= 11 is 0. The zero-order valence-corrected chi connectivity index (χ0v) is 24.5. The lowest BCUT2D eigenvalue weighted by Gasteiger charge is -2.45. The number of nitrogens with zero attached hydrogens (tertiary/aromatic N) is 2. The molecule has 1 aromatic heterocycles. The molecule has 0 spiro atoms. The zero-order chi connectivity index (χ0) is 28.7. The number of hydrogen-bond donors (Lipinski definition) is 3. The number of amides is 2. The van der Waals surface area contributed by atoms with Crippen LogP contribution in [0.4, 0.5) is 0 Å². The quantitative estimate of drug-likeness (QED) is 0.468. The Balaban J connectivity index is 1.95. The number of carboxylic acid groups (broad SMARTS) is 1. The summed E-state index contributed by atoms with van der Waals surface area (Å²) in [4.78, 5) is 46.5. The number of H-pyrrole nitrogens is 1. The summed E-state index contributed by atoms with van der Waals surface area (Å²) in [6.07, 6.45) is 1.61. The lowest BCUT2D eigenvalue weighted by atomic mass is 9.72. The molecule has 1 aliphatic rings. The SMILES string of the molecule is CC(=CC(C(C)C)N(C)C(=O)C(NC(=O)C1N(C)Cc2[nH]c3ccccc3c2C1(C)C)C(C)(C)C)C(=O)O. The number of hydrogen-bond acceptors (Lipinski definition) is 4. The fourth-order valence-electron chi connectivity index (χ4n) is 5.91. The van der Waals surface area contributed by atoms with Gasteiger partial charge in [-0.25, -0.2) is 4.79 Å². The second kappa shape index (κ2) is 10.6. The van der Waals surface area contributed by atoms with Gasteiger partial charge in [0.25, 0.3) is 0 Å². The first-order valence-corrected chi connectivity index (χ1v) is 13.3. The number of carbonyl (C=O) groups is 3. The maximum absolute atomic E-state index is 14.0. The van der Waals surface area contributed by atoms with E-state index in [4.69, 9.17) is 0 Å². The second-order valence-electron chi connectivity index (χ2n) is 12.7. The summed E-state index contributed by atoms with van der Waals surface area (Å²) in [5, 5.41) is 13.6. The van der Waals surface area contributed by atoms with Gasteiger partial charge in [-0.15, -0.1) is 0 Å². The molecule has 0 saturated carbocycles. The molecule has 3 unspecified atom stereocenters. The van der Waals surface area contributed by atoms with E-state index in [-0.39, 0.29) is 23.3 Å². The molecule has 2 amide bonds. The number of aromatic nitrogens is 1. The Labute approximate surface area is 226 Å². The van der Waals surface area contributed by atoms with Crippen LogP contribution in [-0.2, 0) is 26.3 Å². The summed E-state index contributed by atoms with van der Waals surface area (Å²) < 4.78 is 0. The first kappa shape index (κ1) is 29.4. The Kier molecular flexibility index (Phi) is 8.18. The monoisotopic (exact) mass is 524 g/mol. The van der Waals surface area contributed by atoms with E-state index in [0.717, 1.165) is 22.2 Å². The van der Waals surface area contributed by atoms with E-state index in [0.29, 0.717) is 6.54 Å². The Hall–Kier alpha value is -3.13. The largest absolute Gasteiger partial charge is 0.478 e. The van der Waals surface area contributed by atoms with E-state index < -0.39 is 34.9 Å². The van der Waals surface area contributed by atoms with Gasteiger partial charge in [-0.3, -0.25) is 14.5 Å². The molecular weight excluding hydrogens is 480 g/mol. The Bertz CT molecular complexity index is 1250. The van der Waals surface area contributed by atoms with Gasteiger partial charge in [0.1, 0.15) is 6.04 Å². The number of nitrogens with one attached hydrogen (secondary N) is 2. The lowest BCUT2D eigenvalue weighted by molar-refractivity contribution is -0.142. The molecule has 0 bridgehead atoms. The van der Waals surface area contributed by atoms with Crippen molar-refractivity contribution < 1.29 is 19.5 Å². The molecule has 8 nitrogen and oxygen atoms in total. The van der Waals surface area contributed by atoms with Gasteiger partial charge >= 0.3 is 5.97 Å². The summed E-state index contributed by atoms with van der Waals surface area (Å²) in [5.41, 5.74) is 2.37. The van der Waals surface area contributed by atoms with Crippen LogP contribution in [0.1, 0.15) is 66.6 Å². The van der Waals surface area contributed by atoms with Crippen molar-refractivity contribution in [3.63, 3.8) is 0 Å². The highest BCUT2D eigenvalue weighted by molar-refractivity contribution is 5.94. The summed E-state index contributed by atoms with van der Waals surface area (Å²) in [5.74, 6) is -1.48. The van der Waals surface area contributed by atoms with Crippen LogP contribution in [0.15, 0.2) is 35.9 Å². The van der Waals surface area contributed by atoms with Gasteiger partial charge in [0.05, 0.1) is 12.1 Å². The standard InChI is InChI=1S/C30H44N4O4/c1-17(2)22(15-18(3)28(37)38)34(10)27(36)24(29(4,5)6)32-26(35)25-30(7,8)23-19-13-11-12-14-20(19)31-21(23)16-33(25)9/h11-15,17,22,24-25,31H,16H2,1-10H3,(H,32,35)(H,37,38). The minimum atomic E-state index is -1.02. The highest BCUT2D eigenvalue weighted by atomic mass is 16.4. The van der Waals surface area contributed by atoms with Crippen LogP contribution in [0, 0.1) is 11.3 Å². The smallest absolute Gasteiger partial charge is 0.331 e. The fraction of sp³-hybridized carbons (Fsp3) is 0.567. The Morgan fingerprint density at radius 1 is 1.21 bits per heavy atom. The van der Waals surface area contributed by atoms with Crippen molar-refractivity contribution in [1.29, 1.82) is 0 Å². The number of aliphatic carboxylic acids is 1. The first-order chi connectivity index (χ1) is 17.5. The molecule has 1 aromatic carbocycles. The fourth-order valence-corrected chi connectivity index (χ4v) is 5.91. The van der Waals surface area contributed by atoms with E-state index in [1.54, 1.807) is 18.0 Å². The van der Waals surface area contributed by atoms with Crippen LogP contribution < -0.4 is 5.32 Å². The summed E-state index contributed by atoms with van der Waals surface area (Å²) in [6.45, 7) is 16.0. The van der Waals surface area contributed by atoms with Gasteiger partial charge < -0.3 is 20.3 Å². The van der Waals surface area contributed by atoms with Crippen molar-refractivity contribution >= 4 is 28.7 Å². The van der Waals surface area contributed by atoms with Gasteiger partial charge in [0, 0.05) is 41.2 Å². The van der Waals surface area contributed by atoms with E-state index in [1.807, 2.05) is 58.7 Å². The first-order valence-electron chi connectivity index (χ1n) is 13.3. The Morgan fingerprint density at radius 2 is 1.82 bits per heavy atom. The van der Waals surface area contributed by atoms with Crippen LogP contribution in [0.3, 0.4) is 0 Å². The van der Waals surface area contributed by atoms with Crippen LogP contribution >= 0.6 is 0 Å². The predicted molar refractivity (Wildman–Crippen MR) is 151 cm³/mol. The molecule has 8 heteroatoms. The highest BCUT2D eigenvalue weighted by Crippen LogP contribution is 2.42. The maximum Gasteiger partial charge on any atom is 0.331 e. The molecule has 2 aromatic rings. The summed E-state index contributed by atoms with van der Waals surface area (Å²) in [6, 6.07) is 6.42. The number of fused-ring (bicyclic) bond motifs is 3. The van der Waals surface area contributed by atoms with E-state index >= 15 is 0 Å². The minimum Gasteiger partial charge on any atom is -0.478 e. The van der Waals surface area contributed by atoms with Crippen molar-refractivity contribution in [1.82, 2.24) is 20.1 Å². The molecule has 1 aliphatic heterocycles. The van der Waals surface area contributed by atoms with E-state index in [2.05, 4.69) is 36.3 Å². The van der Waals surface area contributed by atoms with Gasteiger partial charge in [-0.1, -0.05) is 72.7 Å². The molecule has 3 N–H and O–H groups in total. The van der Waals surface area contributed by atoms with Crippen molar-refractivity contribution in [3.05, 3.63) is 47.2 Å². The van der Waals surface area contributed by atoms with Crippen LogP contribution in [0.25, 0.3) is 10.9 Å². The predicted octanol–water partition coefficient (Wildman–Crippen LogP) is 4.30. The third-order valence-corrected chi connectivity index (χ3v) is 7.84. The maximum atomic E-state index is 14.0. The zero-order valence-electron chi connectivity index (χ0n) is 24.5. The van der Waals surface area contributed by atoms with Crippen molar-refractivity contribution in [2.24, 2.45) is 11.3 Å². The van der Waals surface area contributed by atoms with Gasteiger partial charge in [0.2, 0.25) is 11.8 Å². The molecule has 3 atom stereocenters. The van der Waals surface area contributed by atoms with Crippen molar-refractivity contribution in [2.45, 2.75) is 85.5 Å². The lowest BCUT2D eigenvalue weighted by Crippen LogP contribution is -2.63. The van der Waals surface area contributed by atoms with Crippen molar-refractivity contribution in [2.75, 3.05) is 14.1 Å². The highest BCUT2D eigenvalue weighted by Gasteiger charge is 2.47. The van der Waals surface area contributed by atoms with Gasteiger partial charge in [0.15, 0.2) is 0 Å². The molecular formula is C30H44N4O4. The molecule has 0 aliphatic carbocycles. The average Bonchev–Trinajstić information content (AvgIpc) is 3.17. The van der Waals surface area contributed by atoms with Crippen molar-refractivity contribution in [3.8, 4) is 0 Å². The molecule has 38 heavy (non-hydrogen) atoms. The number of benzene rings is 1. The molecule has 0 fully saturated rings. The molecule has 2 heterocycles. The van der Waals surface area contributed by atoms with Crippen LogP contribution in [-0.4, -0.2) is 69.9 Å². The molecule has 0 saturated heterocycles. The summed E-state index contributed by atoms with van der Waals surface area (Å²) in [7, 11) is 3.62. The van der Waals surface area contributed by atoms with Crippen LogP contribution in [0.2, 0.25) is 0 Å². The number of para-hydroxylation sites is 1. The number of aromatic amines is 1. The van der Waals surface area contributed by atoms with E-state index in [9.17, 15) is 19.5 Å². The number of likely N-dealkylation sites (N-methyl/N-ethyl adjacent to an activating group) is 2. The third kappa shape index (κ3) is 5.51. The number of carbonyl (C=O) groups excluding carboxylic acids is 2. The molecule has 0 radical (unpaired) electrons. The topological polar surface area (TPSA) is 106 Å². The number of carboxylic acids is 1. The van der Waals surface area contributed by atoms with Crippen LogP contribution in [0.5, 0.6) is 0 Å². The minimum absolute atomic E-state index is 0.0155. The number of rotatable bonds is 7.